The van der Waals surface area contributed by atoms with Crippen LogP contribution in [-0.2, 0) is 0 Å². The number of urea groups is 1. The summed E-state index contributed by atoms with van der Waals surface area (Å²) in [7, 11) is 0. The van der Waals surface area contributed by atoms with Gasteiger partial charge in [-0.05, 0) is 29.8 Å². The molecule has 6 nitrogen and oxygen atoms in total. The summed E-state index contributed by atoms with van der Waals surface area (Å²) in [6.07, 6.45) is 1.41. The number of hydrogen-bond donors (Lipinski definition) is 3. The zero-order chi connectivity index (χ0) is 15.9. The Morgan fingerprint density at radius 2 is 1.91 bits per heavy atom. The van der Waals surface area contributed by atoms with Crippen molar-refractivity contribution >= 4 is 35.4 Å². The summed E-state index contributed by atoms with van der Waals surface area (Å²) >= 11 is 5.98. The van der Waals surface area contributed by atoms with E-state index in [0.717, 1.165) is 0 Å². The van der Waals surface area contributed by atoms with Crippen LogP contribution in [0.1, 0.15) is 15.9 Å². The predicted molar refractivity (Wildman–Crippen MR) is 86.2 cm³/mol. The van der Waals surface area contributed by atoms with Gasteiger partial charge in [0.25, 0.3) is 5.91 Å². The lowest BCUT2D eigenvalue weighted by Crippen LogP contribution is -2.24. The highest BCUT2D eigenvalue weighted by Crippen LogP contribution is 2.17. The molecule has 2 aromatic rings. The summed E-state index contributed by atoms with van der Waals surface area (Å²) in [6.45, 7) is 0. The Balaban J connectivity index is 2.10. The van der Waals surface area contributed by atoms with Crippen molar-refractivity contribution in [2.24, 2.45) is 10.8 Å². The number of benzene rings is 2. The van der Waals surface area contributed by atoms with E-state index in [-0.39, 0.29) is 5.91 Å². The Bertz CT molecular complexity index is 731. The Kier molecular flexibility index (Phi) is 5.11. The maximum atomic E-state index is 12.1. The lowest BCUT2D eigenvalue weighted by molar-refractivity contribution is 0.102. The average molecular weight is 317 g/mol. The van der Waals surface area contributed by atoms with Crippen LogP contribution in [0, 0.1) is 0 Å². The third kappa shape index (κ3) is 4.32. The number of nitrogens with two attached hydrogens (primary N) is 1. The largest absolute Gasteiger partial charge is 0.350 e. The average Bonchev–Trinajstić information content (AvgIpc) is 2.47. The van der Waals surface area contributed by atoms with E-state index in [0.29, 0.717) is 21.8 Å². The van der Waals surface area contributed by atoms with Gasteiger partial charge in [0.1, 0.15) is 0 Å². The first-order valence-corrected chi connectivity index (χ1v) is 6.68. The molecule has 4 N–H and O–H groups in total. The van der Waals surface area contributed by atoms with Crippen molar-refractivity contribution in [3.63, 3.8) is 0 Å². The fraction of sp³-hybridized carbons (Fsp3) is 0. The van der Waals surface area contributed by atoms with Gasteiger partial charge in [0, 0.05) is 5.69 Å². The van der Waals surface area contributed by atoms with Gasteiger partial charge in [-0.3, -0.25) is 4.79 Å². The SMILES string of the molecule is NC(=O)N/N=C\c1cccc(NC(=O)c2ccccc2Cl)c1. The normalized spacial score (nSPS) is 10.4. The van der Waals surface area contributed by atoms with Gasteiger partial charge >= 0.3 is 6.03 Å². The van der Waals surface area contributed by atoms with E-state index in [9.17, 15) is 9.59 Å². The van der Waals surface area contributed by atoms with Crippen molar-refractivity contribution in [2.45, 2.75) is 0 Å². The molecule has 0 aromatic heterocycles. The first kappa shape index (κ1) is 15.5. The highest BCUT2D eigenvalue weighted by molar-refractivity contribution is 6.34. The molecule has 2 rings (SSSR count). The first-order valence-electron chi connectivity index (χ1n) is 6.31. The maximum Gasteiger partial charge on any atom is 0.332 e. The number of nitrogens with zero attached hydrogens (tertiary/aromatic N) is 1. The summed E-state index contributed by atoms with van der Waals surface area (Å²) in [5.74, 6) is -0.310. The molecule has 0 aliphatic heterocycles. The lowest BCUT2D eigenvalue weighted by atomic mass is 10.2. The minimum Gasteiger partial charge on any atom is -0.350 e. The Morgan fingerprint density at radius 3 is 2.64 bits per heavy atom. The molecule has 3 amide bonds. The molecule has 0 atom stereocenters. The number of carbonyl (C=O) groups is 2. The molecule has 112 valence electrons. The van der Waals surface area contributed by atoms with Crippen molar-refractivity contribution < 1.29 is 9.59 Å². The Labute approximate surface area is 132 Å². The molecule has 0 aliphatic rings. The number of halogens is 1. The van der Waals surface area contributed by atoms with Crippen LogP contribution in [0.15, 0.2) is 53.6 Å². The van der Waals surface area contributed by atoms with Gasteiger partial charge in [-0.25, -0.2) is 10.2 Å². The highest BCUT2D eigenvalue weighted by Gasteiger charge is 2.09. The zero-order valence-electron chi connectivity index (χ0n) is 11.4. The van der Waals surface area contributed by atoms with E-state index in [2.05, 4.69) is 15.8 Å². The summed E-state index contributed by atoms with van der Waals surface area (Å²) < 4.78 is 0. The fourth-order valence-electron chi connectivity index (χ4n) is 1.71. The lowest BCUT2D eigenvalue weighted by Gasteiger charge is -2.07. The van der Waals surface area contributed by atoms with Crippen LogP contribution in [0.5, 0.6) is 0 Å². The number of rotatable bonds is 4. The standard InChI is InChI=1S/C15H13ClN4O2/c16-13-7-2-1-6-12(13)14(21)19-11-5-3-4-10(8-11)9-18-20-15(17)22/h1-9H,(H,19,21)(H3,17,20,22)/b18-9-. The number of carbonyl (C=O) groups excluding carboxylic acids is 2. The van der Waals surface area contributed by atoms with E-state index in [1.54, 1.807) is 48.5 Å². The van der Waals surface area contributed by atoms with Gasteiger partial charge in [-0.15, -0.1) is 0 Å². The third-order valence-electron chi connectivity index (χ3n) is 2.65. The van der Waals surface area contributed by atoms with E-state index < -0.39 is 6.03 Å². The van der Waals surface area contributed by atoms with E-state index >= 15 is 0 Å². The van der Waals surface area contributed by atoms with Gasteiger partial charge in [0.2, 0.25) is 0 Å². The number of primary amides is 1. The van der Waals surface area contributed by atoms with E-state index in [4.69, 9.17) is 17.3 Å². The maximum absolute atomic E-state index is 12.1. The molecule has 0 radical (unpaired) electrons. The molecule has 2 aromatic carbocycles. The van der Waals surface area contributed by atoms with Gasteiger partial charge in [0.15, 0.2) is 0 Å². The molecule has 0 fully saturated rings. The van der Waals surface area contributed by atoms with Crippen LogP contribution in [0.25, 0.3) is 0 Å². The predicted octanol–water partition coefficient (Wildman–Crippen LogP) is 2.59. The van der Waals surface area contributed by atoms with Crippen LogP contribution in [0.4, 0.5) is 10.5 Å². The van der Waals surface area contributed by atoms with Crippen molar-refractivity contribution in [1.82, 2.24) is 5.43 Å². The number of hydrogen-bond acceptors (Lipinski definition) is 3. The number of nitrogens with one attached hydrogen (secondary N) is 2. The summed E-state index contributed by atoms with van der Waals surface area (Å²) in [5.41, 5.74) is 8.64. The molecule has 22 heavy (non-hydrogen) atoms. The molecule has 7 heteroatoms. The molecule has 0 heterocycles. The molecular formula is C15H13ClN4O2. The molecule has 0 unspecified atom stereocenters. The second kappa shape index (κ2) is 7.24. The highest BCUT2D eigenvalue weighted by atomic mass is 35.5. The Morgan fingerprint density at radius 1 is 1.14 bits per heavy atom. The smallest absolute Gasteiger partial charge is 0.332 e. The third-order valence-corrected chi connectivity index (χ3v) is 2.98. The quantitative estimate of drug-likeness (QED) is 0.597. The van der Waals surface area contributed by atoms with E-state index in [1.165, 1.54) is 6.21 Å². The van der Waals surface area contributed by atoms with Crippen molar-refractivity contribution in [3.8, 4) is 0 Å². The van der Waals surface area contributed by atoms with Crippen LogP contribution in [0.3, 0.4) is 0 Å². The van der Waals surface area contributed by atoms with Crippen LogP contribution < -0.4 is 16.5 Å². The first-order chi connectivity index (χ1) is 10.6. The van der Waals surface area contributed by atoms with E-state index in [1.807, 2.05) is 0 Å². The molecule has 0 bridgehead atoms. The van der Waals surface area contributed by atoms with Crippen molar-refractivity contribution in [2.75, 3.05) is 5.32 Å². The van der Waals surface area contributed by atoms with Crippen molar-refractivity contribution in [3.05, 3.63) is 64.7 Å². The molecule has 0 aliphatic carbocycles. The summed E-state index contributed by atoms with van der Waals surface area (Å²) in [6, 6.07) is 13.0. The second-order valence-electron chi connectivity index (χ2n) is 4.29. The molecule has 0 saturated heterocycles. The minimum atomic E-state index is -0.751. The number of amides is 3. The van der Waals surface area contributed by atoms with Crippen molar-refractivity contribution in [1.29, 1.82) is 0 Å². The van der Waals surface area contributed by atoms with Crippen LogP contribution >= 0.6 is 11.6 Å². The molecular weight excluding hydrogens is 304 g/mol. The Hall–Kier alpha value is -2.86. The van der Waals surface area contributed by atoms with Gasteiger partial charge in [-0.2, -0.15) is 5.10 Å². The summed E-state index contributed by atoms with van der Waals surface area (Å²) in [4.78, 5) is 22.7. The van der Waals surface area contributed by atoms with Crippen LogP contribution in [-0.4, -0.2) is 18.2 Å². The fourth-order valence-corrected chi connectivity index (χ4v) is 1.93. The zero-order valence-corrected chi connectivity index (χ0v) is 12.2. The number of anilines is 1. The van der Waals surface area contributed by atoms with Gasteiger partial charge < -0.3 is 11.1 Å². The monoisotopic (exact) mass is 316 g/mol. The second-order valence-corrected chi connectivity index (χ2v) is 4.70. The van der Waals surface area contributed by atoms with Gasteiger partial charge in [0.05, 0.1) is 16.8 Å². The minimum absolute atomic E-state index is 0.310. The number of hydrazone groups is 1. The van der Waals surface area contributed by atoms with Gasteiger partial charge in [-0.1, -0.05) is 35.9 Å². The molecule has 0 spiro atoms. The van der Waals surface area contributed by atoms with Crippen LogP contribution in [0.2, 0.25) is 5.02 Å². The molecule has 0 saturated carbocycles. The summed E-state index contributed by atoms with van der Waals surface area (Å²) in [5, 5.41) is 6.77. The topological polar surface area (TPSA) is 96.6 Å².